The highest BCUT2D eigenvalue weighted by molar-refractivity contribution is 7.09. The predicted octanol–water partition coefficient (Wildman–Crippen LogP) is 1.02. The minimum absolute atomic E-state index is 0.0494. The van der Waals surface area contributed by atoms with E-state index in [1.165, 1.54) is 0 Å². The van der Waals surface area contributed by atoms with Gasteiger partial charge in [0.2, 0.25) is 5.91 Å². The normalized spacial score (nSPS) is 23.4. The van der Waals surface area contributed by atoms with Crippen LogP contribution in [0.2, 0.25) is 0 Å². The molecule has 0 aliphatic carbocycles. The highest BCUT2D eigenvalue weighted by Gasteiger charge is 2.35. The predicted molar refractivity (Wildman–Crippen MR) is 72.9 cm³/mol. The summed E-state index contributed by atoms with van der Waals surface area (Å²) in [7, 11) is 0. The highest BCUT2D eigenvalue weighted by Crippen LogP contribution is 2.22. The Bertz CT molecular complexity index is 447. The number of carbonyl (C=O) groups is 2. The molecular formula is C13H18N2O3S. The molecule has 0 spiro atoms. The van der Waals surface area contributed by atoms with Crippen LogP contribution in [0.5, 0.6) is 0 Å². The molecular weight excluding hydrogens is 264 g/mol. The van der Waals surface area contributed by atoms with Crippen LogP contribution in [0.1, 0.15) is 11.8 Å². The number of thiophene rings is 1. The van der Waals surface area contributed by atoms with Crippen molar-refractivity contribution in [1.29, 1.82) is 0 Å². The molecule has 19 heavy (non-hydrogen) atoms. The Hall–Kier alpha value is -1.40. The number of carbonyl (C=O) groups excluding carboxylic acids is 1. The van der Waals surface area contributed by atoms with E-state index in [1.807, 2.05) is 29.3 Å². The molecule has 1 aromatic rings. The van der Waals surface area contributed by atoms with E-state index in [4.69, 9.17) is 5.11 Å². The van der Waals surface area contributed by atoms with Gasteiger partial charge in [-0.1, -0.05) is 13.0 Å². The van der Waals surface area contributed by atoms with Crippen LogP contribution in [0.3, 0.4) is 0 Å². The second-order valence-electron chi connectivity index (χ2n) is 4.97. The fourth-order valence-corrected chi connectivity index (χ4v) is 3.02. The number of rotatable bonds is 5. The number of hydrogen-bond acceptors (Lipinski definition) is 4. The quantitative estimate of drug-likeness (QED) is 0.846. The van der Waals surface area contributed by atoms with E-state index in [0.717, 1.165) is 4.88 Å². The van der Waals surface area contributed by atoms with Crippen molar-refractivity contribution >= 4 is 23.2 Å². The van der Waals surface area contributed by atoms with Gasteiger partial charge in [0.25, 0.3) is 0 Å². The van der Waals surface area contributed by atoms with Gasteiger partial charge in [0.05, 0.1) is 19.0 Å². The molecule has 0 unspecified atom stereocenters. The van der Waals surface area contributed by atoms with Gasteiger partial charge in [-0.2, -0.15) is 0 Å². The molecule has 0 radical (unpaired) electrons. The lowest BCUT2D eigenvalue weighted by Gasteiger charge is -2.14. The summed E-state index contributed by atoms with van der Waals surface area (Å²) in [6.07, 6.45) is 0. The van der Waals surface area contributed by atoms with E-state index in [-0.39, 0.29) is 24.3 Å². The van der Waals surface area contributed by atoms with Crippen LogP contribution in [0.15, 0.2) is 17.5 Å². The average molecular weight is 282 g/mol. The molecule has 0 saturated carbocycles. The molecule has 2 atom stereocenters. The molecule has 0 bridgehead atoms. The van der Waals surface area contributed by atoms with Crippen LogP contribution in [0, 0.1) is 11.8 Å². The summed E-state index contributed by atoms with van der Waals surface area (Å²) in [6, 6.07) is 3.93. The van der Waals surface area contributed by atoms with E-state index in [2.05, 4.69) is 5.32 Å². The minimum atomic E-state index is -0.769. The third-order valence-electron chi connectivity index (χ3n) is 3.41. The minimum Gasteiger partial charge on any atom is -0.481 e. The molecule has 1 fully saturated rings. The number of nitrogens with one attached hydrogen (secondary N) is 1. The van der Waals surface area contributed by atoms with E-state index in [9.17, 15) is 9.59 Å². The molecule has 1 saturated heterocycles. The number of carboxylic acids is 1. The summed E-state index contributed by atoms with van der Waals surface area (Å²) in [5, 5.41) is 13.9. The fraction of sp³-hybridized carbons (Fsp3) is 0.538. The van der Waals surface area contributed by atoms with Crippen molar-refractivity contribution in [2.45, 2.75) is 13.5 Å². The third-order valence-corrected chi connectivity index (χ3v) is 4.29. The number of carboxylic acid groups (broad SMARTS) is 1. The van der Waals surface area contributed by atoms with Crippen LogP contribution in [0.25, 0.3) is 0 Å². The SMILES string of the molecule is C[C@@H]1CN(CC(=O)NCc2cccs2)C[C@H]1C(=O)O. The summed E-state index contributed by atoms with van der Waals surface area (Å²) >= 11 is 1.61. The summed E-state index contributed by atoms with van der Waals surface area (Å²) < 4.78 is 0. The molecule has 1 aliphatic heterocycles. The molecule has 5 nitrogen and oxygen atoms in total. The second kappa shape index (κ2) is 6.16. The van der Waals surface area contributed by atoms with Crippen LogP contribution in [-0.2, 0) is 16.1 Å². The molecule has 6 heteroatoms. The van der Waals surface area contributed by atoms with Gasteiger partial charge in [-0.15, -0.1) is 11.3 Å². The van der Waals surface area contributed by atoms with Gasteiger partial charge in [-0.25, -0.2) is 0 Å². The largest absolute Gasteiger partial charge is 0.481 e. The summed E-state index contributed by atoms with van der Waals surface area (Å²) in [5.41, 5.74) is 0. The molecule has 1 aromatic heterocycles. The smallest absolute Gasteiger partial charge is 0.308 e. The van der Waals surface area contributed by atoms with Crippen molar-refractivity contribution in [1.82, 2.24) is 10.2 Å². The zero-order valence-corrected chi connectivity index (χ0v) is 11.7. The first-order chi connectivity index (χ1) is 9.06. The van der Waals surface area contributed by atoms with E-state index >= 15 is 0 Å². The topological polar surface area (TPSA) is 69.6 Å². The van der Waals surface area contributed by atoms with Gasteiger partial charge in [0.1, 0.15) is 0 Å². The summed E-state index contributed by atoms with van der Waals surface area (Å²) in [6.45, 7) is 3.87. The monoisotopic (exact) mass is 282 g/mol. The maximum atomic E-state index is 11.8. The van der Waals surface area contributed by atoms with Crippen LogP contribution < -0.4 is 5.32 Å². The van der Waals surface area contributed by atoms with Crippen molar-refractivity contribution in [2.75, 3.05) is 19.6 Å². The number of nitrogens with zero attached hydrogens (tertiary/aromatic N) is 1. The molecule has 1 amide bonds. The Morgan fingerprint density at radius 2 is 2.32 bits per heavy atom. The summed E-state index contributed by atoms with van der Waals surface area (Å²) in [4.78, 5) is 25.8. The van der Waals surface area contributed by atoms with Crippen LogP contribution in [0.4, 0.5) is 0 Å². The first-order valence-electron chi connectivity index (χ1n) is 6.30. The van der Waals surface area contributed by atoms with E-state index in [0.29, 0.717) is 19.6 Å². The van der Waals surface area contributed by atoms with Gasteiger partial charge < -0.3 is 10.4 Å². The van der Waals surface area contributed by atoms with Crippen molar-refractivity contribution < 1.29 is 14.7 Å². The number of likely N-dealkylation sites (tertiary alicyclic amines) is 1. The lowest BCUT2D eigenvalue weighted by molar-refractivity contribution is -0.142. The Balaban J connectivity index is 1.75. The average Bonchev–Trinajstić information content (AvgIpc) is 2.96. The van der Waals surface area contributed by atoms with Crippen molar-refractivity contribution in [2.24, 2.45) is 11.8 Å². The van der Waals surface area contributed by atoms with Crippen LogP contribution in [-0.4, -0.2) is 41.5 Å². The lowest BCUT2D eigenvalue weighted by atomic mass is 9.99. The maximum Gasteiger partial charge on any atom is 0.308 e. The number of amides is 1. The number of aliphatic carboxylic acids is 1. The van der Waals surface area contributed by atoms with Gasteiger partial charge in [0.15, 0.2) is 0 Å². The zero-order chi connectivity index (χ0) is 13.8. The van der Waals surface area contributed by atoms with Crippen molar-refractivity contribution in [3.63, 3.8) is 0 Å². The van der Waals surface area contributed by atoms with Gasteiger partial charge in [-0.05, 0) is 17.4 Å². The highest BCUT2D eigenvalue weighted by atomic mass is 32.1. The van der Waals surface area contributed by atoms with Gasteiger partial charge in [-0.3, -0.25) is 14.5 Å². The lowest BCUT2D eigenvalue weighted by Crippen LogP contribution is -2.36. The van der Waals surface area contributed by atoms with E-state index in [1.54, 1.807) is 11.3 Å². The molecule has 2 N–H and O–H groups in total. The Morgan fingerprint density at radius 1 is 1.53 bits per heavy atom. The number of hydrogen-bond donors (Lipinski definition) is 2. The van der Waals surface area contributed by atoms with Crippen molar-refractivity contribution in [3.05, 3.63) is 22.4 Å². The first kappa shape index (κ1) is 14.0. The molecule has 104 valence electrons. The Labute approximate surface area is 116 Å². The molecule has 2 heterocycles. The Kier molecular flexibility index (Phi) is 4.55. The van der Waals surface area contributed by atoms with E-state index < -0.39 is 5.97 Å². The Morgan fingerprint density at radius 3 is 2.89 bits per heavy atom. The summed E-state index contributed by atoms with van der Waals surface area (Å²) in [5.74, 6) is -1.08. The first-order valence-corrected chi connectivity index (χ1v) is 7.18. The van der Waals surface area contributed by atoms with Gasteiger partial charge >= 0.3 is 5.97 Å². The second-order valence-corrected chi connectivity index (χ2v) is 6.00. The molecule has 0 aromatic carbocycles. The fourth-order valence-electron chi connectivity index (χ4n) is 2.38. The third kappa shape index (κ3) is 3.78. The molecule has 2 rings (SSSR count). The maximum absolute atomic E-state index is 11.8. The van der Waals surface area contributed by atoms with Gasteiger partial charge in [0, 0.05) is 18.0 Å². The molecule has 1 aliphatic rings. The van der Waals surface area contributed by atoms with Crippen molar-refractivity contribution in [3.8, 4) is 0 Å². The van der Waals surface area contributed by atoms with Crippen LogP contribution >= 0.6 is 11.3 Å². The zero-order valence-electron chi connectivity index (χ0n) is 10.8. The standard InChI is InChI=1S/C13H18N2O3S/c1-9-6-15(7-11(9)13(17)18)8-12(16)14-5-10-3-2-4-19-10/h2-4,9,11H,5-8H2,1H3,(H,14,16)(H,17,18)/t9-,11-/m1/s1.